The SMILES string of the molecule is O=C1O[C@H](c2ccccc2)[C@H](c2ccccc2)N2[C@H]1[C@@H](C(=O)N1CCN(c3ncccn3)CC1)[C@]1(C(=O)N(C(=O)OCc3ccc([N+](=O)[O-])cc3)c3ccccc31)[C@H]2c1cccc(OCCO)c1. The molecule has 0 radical (unpaired) electrons. The lowest BCUT2D eigenvalue weighted by Crippen LogP contribution is -2.59. The summed E-state index contributed by atoms with van der Waals surface area (Å²) in [4.78, 5) is 88.7. The number of hydrogen-bond acceptors (Lipinski definition) is 14. The number of aliphatic hydroxyl groups is 1. The molecule has 3 amide bonds. The molecule has 17 heteroatoms. The summed E-state index contributed by atoms with van der Waals surface area (Å²) in [5, 5.41) is 21.1. The molecule has 1 aromatic heterocycles. The number of cyclic esters (lactones) is 1. The Morgan fingerprint density at radius 3 is 2.13 bits per heavy atom. The van der Waals surface area contributed by atoms with Gasteiger partial charge in [0.1, 0.15) is 36.5 Å². The van der Waals surface area contributed by atoms with Gasteiger partial charge >= 0.3 is 12.1 Å². The lowest BCUT2D eigenvalue weighted by Gasteiger charge is -2.46. The third kappa shape index (κ3) is 7.54. The number of benzene rings is 5. The fourth-order valence-electron chi connectivity index (χ4n) is 10.5. The van der Waals surface area contributed by atoms with Gasteiger partial charge in [-0.15, -0.1) is 0 Å². The molecule has 0 saturated carbocycles. The van der Waals surface area contributed by atoms with Gasteiger partial charge in [-0.2, -0.15) is 0 Å². The molecule has 10 rings (SSSR count). The molecule has 68 heavy (non-hydrogen) atoms. The number of amides is 3. The highest BCUT2D eigenvalue weighted by Crippen LogP contribution is 2.66. The number of nitro groups is 1. The molecule has 1 N–H and O–H groups in total. The van der Waals surface area contributed by atoms with Gasteiger partial charge in [0.05, 0.1) is 35.2 Å². The van der Waals surface area contributed by atoms with E-state index < -0.39 is 64.4 Å². The van der Waals surface area contributed by atoms with Crippen LogP contribution in [0.3, 0.4) is 0 Å². The molecular weight excluding hydrogens is 871 g/mol. The van der Waals surface area contributed by atoms with Crippen LogP contribution in [0.25, 0.3) is 0 Å². The summed E-state index contributed by atoms with van der Waals surface area (Å²) in [5.74, 6) is -2.62. The van der Waals surface area contributed by atoms with Crippen LogP contribution in [-0.4, -0.2) is 99.1 Å². The number of hydrogen-bond donors (Lipinski definition) is 1. The molecule has 6 atom stereocenters. The monoisotopic (exact) mass is 915 g/mol. The number of fused-ring (bicyclic) bond motifs is 3. The van der Waals surface area contributed by atoms with Crippen molar-refractivity contribution >= 4 is 41.2 Å². The van der Waals surface area contributed by atoms with Gasteiger partial charge in [0.2, 0.25) is 17.8 Å². The number of rotatable bonds is 11. The normalized spacial score (nSPS) is 23.2. The minimum absolute atomic E-state index is 0.0299. The standard InChI is InChI=1S/C51H45N7O10/c59-29-30-66-38-16-9-15-36(31-38)45-51(39-17-7-8-18-40(39)56(48(51)62)50(63)67-32-33-19-21-37(22-20-33)58(64)65)41(46(60)54-25-27-55(28-26-54)49-52-23-10-24-53-49)43-47(61)68-44(35-13-5-2-6-14-35)42(57(43)45)34-11-3-1-4-12-34/h1-24,31,41-45,59H,25-30,32H2/t41-,42-,43-,44+,45+,51-/m0/s1. The number of para-hydroxylation sites is 1. The Labute approximate surface area is 390 Å². The summed E-state index contributed by atoms with van der Waals surface area (Å²) in [7, 11) is 0. The second-order valence-corrected chi connectivity index (χ2v) is 16.9. The van der Waals surface area contributed by atoms with E-state index in [-0.39, 0.29) is 44.3 Å². The smallest absolute Gasteiger partial charge is 0.421 e. The molecule has 0 bridgehead atoms. The summed E-state index contributed by atoms with van der Waals surface area (Å²) < 4.78 is 18.4. The number of carbonyl (C=O) groups is 4. The van der Waals surface area contributed by atoms with Crippen LogP contribution in [-0.2, 0) is 35.9 Å². The van der Waals surface area contributed by atoms with Crippen molar-refractivity contribution in [3.63, 3.8) is 0 Å². The van der Waals surface area contributed by atoms with E-state index in [0.29, 0.717) is 47.0 Å². The summed E-state index contributed by atoms with van der Waals surface area (Å²) in [5.41, 5.74) is 0.700. The first-order valence-corrected chi connectivity index (χ1v) is 22.3. The molecule has 0 unspecified atom stereocenters. The van der Waals surface area contributed by atoms with Gasteiger partial charge in [0, 0.05) is 50.7 Å². The lowest BCUT2D eigenvalue weighted by atomic mass is 9.65. The van der Waals surface area contributed by atoms with Crippen molar-refractivity contribution in [2.75, 3.05) is 49.2 Å². The molecule has 344 valence electrons. The van der Waals surface area contributed by atoms with Crippen LogP contribution in [0, 0.1) is 16.0 Å². The second-order valence-electron chi connectivity index (χ2n) is 16.9. The second kappa shape index (κ2) is 18.3. The number of imide groups is 1. The number of nitro benzene ring substituents is 1. The van der Waals surface area contributed by atoms with Gasteiger partial charge in [-0.05, 0) is 64.2 Å². The molecular formula is C51H45N7O10. The van der Waals surface area contributed by atoms with Crippen molar-refractivity contribution in [2.24, 2.45) is 5.92 Å². The van der Waals surface area contributed by atoms with Crippen molar-refractivity contribution in [1.82, 2.24) is 19.8 Å². The number of nitrogens with zero attached hydrogens (tertiary/aromatic N) is 7. The minimum atomic E-state index is -2.00. The van der Waals surface area contributed by atoms with E-state index in [4.69, 9.17) is 14.2 Å². The van der Waals surface area contributed by atoms with E-state index >= 15 is 14.4 Å². The third-order valence-corrected chi connectivity index (χ3v) is 13.3. The zero-order valence-electron chi connectivity index (χ0n) is 36.5. The molecule has 17 nitrogen and oxygen atoms in total. The lowest BCUT2D eigenvalue weighted by molar-refractivity contribution is -0.384. The van der Waals surface area contributed by atoms with Gasteiger partial charge in [-0.3, -0.25) is 29.4 Å². The van der Waals surface area contributed by atoms with E-state index in [1.165, 1.54) is 24.3 Å². The van der Waals surface area contributed by atoms with Crippen LogP contribution in [0.2, 0.25) is 0 Å². The maximum Gasteiger partial charge on any atom is 0.421 e. The van der Waals surface area contributed by atoms with Gasteiger partial charge in [0.25, 0.3) is 5.69 Å². The first-order chi connectivity index (χ1) is 33.2. The van der Waals surface area contributed by atoms with Crippen molar-refractivity contribution in [1.29, 1.82) is 0 Å². The Morgan fingerprint density at radius 2 is 1.44 bits per heavy atom. The number of anilines is 2. The Morgan fingerprint density at radius 1 is 0.779 bits per heavy atom. The zero-order chi connectivity index (χ0) is 46.9. The van der Waals surface area contributed by atoms with Crippen LogP contribution in [0.15, 0.2) is 152 Å². The van der Waals surface area contributed by atoms with Crippen molar-refractivity contribution in [3.05, 3.63) is 190 Å². The average Bonchev–Trinajstić information content (AvgIpc) is 3.84. The highest BCUT2D eigenvalue weighted by atomic mass is 16.6. The first kappa shape index (κ1) is 43.9. The molecule has 3 fully saturated rings. The number of esters is 1. The molecule has 3 saturated heterocycles. The van der Waals surface area contributed by atoms with E-state index in [9.17, 15) is 20.0 Å². The molecule has 4 aliphatic heterocycles. The fraction of sp³-hybridized carbons (Fsp3) is 0.255. The Kier molecular flexibility index (Phi) is 11.8. The number of non-ortho nitro benzene ring substituents is 1. The highest BCUT2D eigenvalue weighted by molar-refractivity contribution is 6.23. The molecule has 1 spiro atoms. The largest absolute Gasteiger partial charge is 0.491 e. The van der Waals surface area contributed by atoms with Gasteiger partial charge in [-0.1, -0.05) is 91.0 Å². The Bertz CT molecular complexity index is 2850. The van der Waals surface area contributed by atoms with Crippen LogP contribution >= 0.6 is 0 Å². The summed E-state index contributed by atoms with van der Waals surface area (Å²) in [6.45, 7) is 0.482. The number of morpholine rings is 1. The number of ether oxygens (including phenoxy) is 3. The molecule has 5 heterocycles. The van der Waals surface area contributed by atoms with E-state index in [0.717, 1.165) is 10.5 Å². The van der Waals surface area contributed by atoms with E-state index in [1.54, 1.807) is 65.8 Å². The minimum Gasteiger partial charge on any atom is -0.491 e. The van der Waals surface area contributed by atoms with E-state index in [2.05, 4.69) is 9.97 Å². The molecule has 6 aromatic rings. The summed E-state index contributed by atoms with van der Waals surface area (Å²) >= 11 is 0. The van der Waals surface area contributed by atoms with Crippen LogP contribution < -0.4 is 14.5 Å². The first-order valence-electron chi connectivity index (χ1n) is 22.3. The van der Waals surface area contributed by atoms with Crippen molar-refractivity contribution < 1.29 is 43.4 Å². The number of aliphatic hydroxyl groups excluding tert-OH is 1. The maximum atomic E-state index is 16.4. The highest BCUT2D eigenvalue weighted by Gasteiger charge is 2.76. The number of piperazine rings is 1. The van der Waals surface area contributed by atoms with Crippen molar-refractivity contribution in [2.45, 2.75) is 36.3 Å². The van der Waals surface area contributed by atoms with Crippen molar-refractivity contribution in [3.8, 4) is 5.75 Å². The summed E-state index contributed by atoms with van der Waals surface area (Å²) in [6.07, 6.45) is 1.32. The fourth-order valence-corrected chi connectivity index (χ4v) is 10.5. The number of aromatic nitrogens is 2. The molecule has 4 aliphatic rings. The maximum absolute atomic E-state index is 16.4. The van der Waals surface area contributed by atoms with E-state index in [1.807, 2.05) is 76.5 Å². The molecule has 0 aliphatic carbocycles. The van der Waals surface area contributed by atoms with Gasteiger partial charge in [-0.25, -0.2) is 19.7 Å². The van der Waals surface area contributed by atoms with Crippen LogP contribution in [0.4, 0.5) is 22.1 Å². The Balaban J connectivity index is 1.17. The van der Waals surface area contributed by atoms with Gasteiger partial charge < -0.3 is 29.1 Å². The zero-order valence-corrected chi connectivity index (χ0v) is 36.5. The topological polar surface area (TPSA) is 198 Å². The van der Waals surface area contributed by atoms with Crippen LogP contribution in [0.1, 0.15) is 46.0 Å². The van der Waals surface area contributed by atoms with Gasteiger partial charge in [0.15, 0.2) is 0 Å². The predicted octanol–water partition coefficient (Wildman–Crippen LogP) is 6.11. The quantitative estimate of drug-likeness (QED) is 0.0888. The predicted molar refractivity (Wildman–Crippen MR) is 245 cm³/mol. The number of carbonyl (C=O) groups excluding carboxylic acids is 4. The Hall–Kier alpha value is -8.02. The third-order valence-electron chi connectivity index (χ3n) is 13.3. The average molecular weight is 916 g/mol. The van der Waals surface area contributed by atoms with Crippen LogP contribution in [0.5, 0.6) is 5.75 Å². The summed E-state index contributed by atoms with van der Waals surface area (Å²) in [6, 6.07) is 36.5. The molecule has 5 aromatic carbocycles.